The molecule has 0 bridgehead atoms. The number of nitrogen functional groups attached to an aromatic ring is 1. The van der Waals surface area contributed by atoms with Gasteiger partial charge in [0.25, 0.3) is 24.0 Å². The van der Waals surface area contributed by atoms with E-state index in [1.165, 1.54) is 35.6 Å². The molecule has 5 heterocycles. The van der Waals surface area contributed by atoms with Crippen molar-refractivity contribution in [1.82, 2.24) is 19.6 Å². The summed E-state index contributed by atoms with van der Waals surface area (Å²) in [4.78, 5) is 60.2. The van der Waals surface area contributed by atoms with Crippen LogP contribution in [0.15, 0.2) is 39.7 Å². The number of anilines is 1. The maximum atomic E-state index is 13.0. The lowest BCUT2D eigenvalue weighted by atomic mass is 10.0. The number of oxime groups is 1. The zero-order valence-electron chi connectivity index (χ0n) is 18.9. The van der Waals surface area contributed by atoms with E-state index < -0.39 is 35.1 Å². The van der Waals surface area contributed by atoms with Crippen LogP contribution in [0.4, 0.5) is 5.13 Å². The van der Waals surface area contributed by atoms with Crippen molar-refractivity contribution in [3.05, 3.63) is 45.9 Å². The molecule has 37 heavy (non-hydrogen) atoms. The number of β-lactam (4-membered cyclic amide) rings is 1. The van der Waals surface area contributed by atoms with E-state index >= 15 is 0 Å². The summed E-state index contributed by atoms with van der Waals surface area (Å²) in [5.74, 6) is -3.14. The highest BCUT2D eigenvalue weighted by Crippen LogP contribution is 2.40. The quantitative estimate of drug-likeness (QED) is 0.119. The number of thioether (sulfide) groups is 1. The molecule has 1 saturated heterocycles. The van der Waals surface area contributed by atoms with E-state index in [1.807, 2.05) is 0 Å². The van der Waals surface area contributed by atoms with Crippen molar-refractivity contribution >= 4 is 73.8 Å². The first kappa shape index (κ1) is 24.7. The van der Waals surface area contributed by atoms with Crippen molar-refractivity contribution in [3.63, 3.8) is 0 Å². The van der Waals surface area contributed by atoms with Crippen LogP contribution < -0.4 is 26.5 Å². The molecule has 0 radical (unpaired) electrons. The Morgan fingerprint density at radius 1 is 1.35 bits per heavy atom. The molecule has 0 saturated carbocycles. The largest absolute Gasteiger partial charge is 0.543 e. The van der Waals surface area contributed by atoms with Gasteiger partial charge in [0.15, 0.2) is 10.8 Å². The number of carboxylic acid groups (broad SMARTS) is 1. The topological polar surface area (TPSA) is 201 Å². The minimum absolute atomic E-state index is 0.145. The normalized spacial score (nSPS) is 19.5. The molecular weight excluding hydrogens is 544 g/mol. The zero-order valence-corrected chi connectivity index (χ0v) is 21.4. The third kappa shape index (κ3) is 4.30. The average Bonchev–Trinajstić information content (AvgIpc) is 3.56. The molecule has 2 aliphatic heterocycles. The minimum atomic E-state index is -1.50. The van der Waals surface area contributed by atoms with Crippen LogP contribution in [0, 0.1) is 0 Å². The predicted octanol–water partition coefficient (Wildman–Crippen LogP) is -2.12. The molecule has 3 aromatic rings. The number of carboxylic acids is 1. The molecule has 0 unspecified atom stereocenters. The van der Waals surface area contributed by atoms with E-state index in [4.69, 9.17) is 16.3 Å². The summed E-state index contributed by atoms with van der Waals surface area (Å²) in [6.07, 6.45) is 3.38. The fourth-order valence-corrected chi connectivity index (χ4v) is 6.86. The number of thiazole rings is 2. The number of amides is 3. The lowest BCUT2D eigenvalue weighted by molar-refractivity contribution is -0.687. The number of aromatic nitrogens is 3. The number of fused-ring (bicyclic) bond motifs is 2. The van der Waals surface area contributed by atoms with Gasteiger partial charge in [0.2, 0.25) is 10.5 Å². The van der Waals surface area contributed by atoms with E-state index in [2.05, 4.69) is 15.5 Å². The second-order valence-corrected chi connectivity index (χ2v) is 10.8. The van der Waals surface area contributed by atoms with Crippen LogP contribution in [0.25, 0.3) is 4.83 Å². The molecule has 2 atom stereocenters. The Kier molecular flexibility index (Phi) is 6.34. The van der Waals surface area contributed by atoms with Gasteiger partial charge < -0.3 is 31.5 Å². The molecule has 192 valence electrons. The zero-order chi connectivity index (χ0) is 26.4. The lowest BCUT2D eigenvalue weighted by Gasteiger charge is -2.50. The molecule has 3 amide bonds. The van der Waals surface area contributed by atoms with E-state index in [1.54, 1.807) is 26.9 Å². The lowest BCUT2D eigenvalue weighted by Crippen LogP contribution is -2.71. The average molecular weight is 563 g/mol. The standard InChI is InChI=1S/C20H18N8O6S3/c1-34-25-12(9-5-37-20(22)23-9)16(30)24-13-17(31)28-14(19(32)33)8(4-36-18(13)28)2-26-3-11-27(7-26)10(6-35-11)15(21)29/h3,5-7,13,18H,2,4H2,1H3,(H5-,21,22,23,24,29,30,32,33)/b25-12-/t13-,18-/m1/s1. The van der Waals surface area contributed by atoms with Crippen molar-refractivity contribution in [2.24, 2.45) is 10.9 Å². The maximum Gasteiger partial charge on any atom is 0.289 e. The summed E-state index contributed by atoms with van der Waals surface area (Å²) in [6, 6.07) is -0.989. The molecule has 17 heteroatoms. The predicted molar refractivity (Wildman–Crippen MR) is 131 cm³/mol. The van der Waals surface area contributed by atoms with Gasteiger partial charge in [0.05, 0.1) is 11.7 Å². The number of rotatable bonds is 8. The molecule has 14 nitrogen and oxygen atoms in total. The summed E-state index contributed by atoms with van der Waals surface area (Å²) < 4.78 is 3.31. The first-order chi connectivity index (χ1) is 17.7. The number of hydrogen-bond acceptors (Lipinski definition) is 12. The van der Waals surface area contributed by atoms with Crippen LogP contribution in [0.5, 0.6) is 0 Å². The molecule has 5 N–H and O–H groups in total. The van der Waals surface area contributed by atoms with Gasteiger partial charge in [-0.15, -0.1) is 23.1 Å². The molecule has 2 aliphatic rings. The van der Waals surface area contributed by atoms with Crippen molar-refractivity contribution in [2.75, 3.05) is 18.6 Å². The summed E-state index contributed by atoms with van der Waals surface area (Å²) in [7, 11) is 1.26. The number of aliphatic carboxylic acids is 1. The van der Waals surface area contributed by atoms with Crippen LogP contribution >= 0.6 is 34.4 Å². The number of hydrogen-bond donors (Lipinski definition) is 3. The van der Waals surface area contributed by atoms with Crippen molar-refractivity contribution in [1.29, 1.82) is 0 Å². The van der Waals surface area contributed by atoms with Gasteiger partial charge in [-0.3, -0.25) is 19.3 Å². The molecule has 5 rings (SSSR count). The molecule has 0 aliphatic carbocycles. The van der Waals surface area contributed by atoms with Gasteiger partial charge in [-0.05, 0) is 0 Å². The summed E-state index contributed by atoms with van der Waals surface area (Å²) in [6.45, 7) is 0.145. The third-order valence-electron chi connectivity index (χ3n) is 5.64. The molecular formula is C20H18N8O6S3. The van der Waals surface area contributed by atoms with Crippen LogP contribution in [0.3, 0.4) is 0 Å². The Labute approximate surface area is 220 Å². The Balaban J connectivity index is 1.36. The Morgan fingerprint density at radius 2 is 2.14 bits per heavy atom. The van der Waals surface area contributed by atoms with Crippen molar-refractivity contribution in [2.45, 2.75) is 18.0 Å². The van der Waals surface area contributed by atoms with Crippen LogP contribution in [-0.4, -0.2) is 68.0 Å². The minimum Gasteiger partial charge on any atom is -0.543 e. The van der Waals surface area contributed by atoms with E-state index in [0.29, 0.717) is 11.3 Å². The summed E-state index contributed by atoms with van der Waals surface area (Å²) in [5, 5.41) is 21.1. The SMILES string of the molecule is CO/N=C(\C(=O)N[C@@H]1C(=O)N2C(C(=O)[O-])=C(C[n+]3cc4scc(C(N)=O)n4c3)CS[C@H]12)c1csc(N)n1. The van der Waals surface area contributed by atoms with E-state index in [9.17, 15) is 24.3 Å². The summed E-state index contributed by atoms with van der Waals surface area (Å²) in [5.41, 5.74) is 11.6. The number of carbonyl (C=O) groups is 4. The van der Waals surface area contributed by atoms with Crippen LogP contribution in [-0.2, 0) is 25.8 Å². The molecule has 0 spiro atoms. The molecule has 0 aromatic carbocycles. The number of nitrogens with zero attached hydrogens (tertiary/aromatic N) is 5. The second kappa shape index (κ2) is 9.49. The Hall–Kier alpha value is -3.96. The Bertz CT molecular complexity index is 1520. The highest BCUT2D eigenvalue weighted by molar-refractivity contribution is 8.00. The van der Waals surface area contributed by atoms with Gasteiger partial charge >= 0.3 is 0 Å². The van der Waals surface area contributed by atoms with Crippen molar-refractivity contribution < 1.29 is 33.7 Å². The number of nitrogens with two attached hydrogens (primary N) is 2. The smallest absolute Gasteiger partial charge is 0.289 e. The monoisotopic (exact) mass is 562 g/mol. The fraction of sp³-hybridized carbons (Fsp3) is 0.250. The van der Waals surface area contributed by atoms with Crippen molar-refractivity contribution in [3.8, 4) is 0 Å². The van der Waals surface area contributed by atoms with Gasteiger partial charge in [0.1, 0.15) is 37.0 Å². The Morgan fingerprint density at radius 3 is 2.78 bits per heavy atom. The number of nitrogens with one attached hydrogen (secondary N) is 1. The van der Waals surface area contributed by atoms with Gasteiger partial charge in [0, 0.05) is 22.1 Å². The van der Waals surface area contributed by atoms with Crippen LogP contribution in [0.2, 0.25) is 0 Å². The van der Waals surface area contributed by atoms with E-state index in [-0.39, 0.29) is 34.5 Å². The highest BCUT2D eigenvalue weighted by atomic mass is 32.2. The van der Waals surface area contributed by atoms with E-state index in [0.717, 1.165) is 21.1 Å². The van der Waals surface area contributed by atoms with Crippen LogP contribution in [0.1, 0.15) is 16.2 Å². The second-order valence-electron chi connectivity index (χ2n) is 7.90. The first-order valence-electron chi connectivity index (χ1n) is 10.5. The number of imidazole rings is 1. The highest BCUT2D eigenvalue weighted by Gasteiger charge is 2.53. The molecule has 1 fully saturated rings. The summed E-state index contributed by atoms with van der Waals surface area (Å²) >= 11 is 3.72. The number of carbonyl (C=O) groups excluding carboxylic acids is 4. The fourth-order valence-electron chi connectivity index (χ4n) is 4.06. The third-order valence-corrected chi connectivity index (χ3v) is 8.54. The first-order valence-corrected chi connectivity index (χ1v) is 13.3. The molecule has 3 aromatic heterocycles. The van der Waals surface area contributed by atoms with Gasteiger partial charge in [-0.1, -0.05) is 16.5 Å². The van der Waals surface area contributed by atoms with Gasteiger partial charge in [-0.25, -0.2) is 9.55 Å². The number of primary amides is 1. The maximum absolute atomic E-state index is 13.0. The van der Waals surface area contributed by atoms with Gasteiger partial charge in [-0.2, -0.15) is 4.40 Å².